The van der Waals surface area contributed by atoms with E-state index in [0.717, 1.165) is 32.5 Å². The number of rotatable bonds is 4. The zero-order valence-electron chi connectivity index (χ0n) is 9.90. The molecule has 0 radical (unpaired) electrons. The number of hydrogen-bond acceptors (Lipinski definition) is 3. The minimum atomic E-state index is -0.720. The second-order valence-corrected chi connectivity index (χ2v) is 6.16. The molecule has 1 aliphatic rings. The van der Waals surface area contributed by atoms with E-state index in [1.807, 2.05) is 13.3 Å². The number of aryl methyl sites for hydroxylation is 1. The molecule has 2 heterocycles. The van der Waals surface area contributed by atoms with Crippen LogP contribution in [-0.4, -0.2) is 31.8 Å². The Morgan fingerprint density at radius 3 is 3.25 bits per heavy atom. The van der Waals surface area contributed by atoms with Gasteiger partial charge in [-0.05, 0) is 6.42 Å². The highest BCUT2D eigenvalue weighted by Gasteiger charge is 2.15. The second kappa shape index (κ2) is 5.10. The van der Waals surface area contributed by atoms with E-state index in [1.165, 1.54) is 11.4 Å². The van der Waals surface area contributed by atoms with E-state index in [-0.39, 0.29) is 5.25 Å². The quantitative estimate of drug-likeness (QED) is 0.843. The number of hydrogen-bond donors (Lipinski definition) is 1. The van der Waals surface area contributed by atoms with Crippen LogP contribution in [0.1, 0.15) is 24.7 Å². The predicted octanol–water partition coefficient (Wildman–Crippen LogP) is 0.686. The summed E-state index contributed by atoms with van der Waals surface area (Å²) >= 11 is 0. The summed E-state index contributed by atoms with van der Waals surface area (Å²) in [7, 11) is -0.720. The summed E-state index contributed by atoms with van der Waals surface area (Å²) in [5, 5.41) is 3.58. The van der Waals surface area contributed by atoms with Crippen molar-refractivity contribution in [2.24, 2.45) is 0 Å². The molecule has 4 nitrogen and oxygen atoms in total. The molecule has 90 valence electrons. The molecule has 2 atom stereocenters. The number of imidazole rings is 1. The number of nitrogens with one attached hydrogen (secondary N) is 1. The van der Waals surface area contributed by atoms with Crippen molar-refractivity contribution in [3.05, 3.63) is 17.7 Å². The summed E-state index contributed by atoms with van der Waals surface area (Å²) in [5.41, 5.74) is 2.53. The van der Waals surface area contributed by atoms with Gasteiger partial charge in [0.1, 0.15) is 0 Å². The van der Waals surface area contributed by atoms with Gasteiger partial charge in [-0.2, -0.15) is 0 Å². The van der Waals surface area contributed by atoms with Gasteiger partial charge in [0.2, 0.25) is 0 Å². The van der Waals surface area contributed by atoms with Gasteiger partial charge in [0.05, 0.1) is 12.0 Å². The zero-order chi connectivity index (χ0) is 11.5. The van der Waals surface area contributed by atoms with E-state index >= 15 is 0 Å². The Hall–Kier alpha value is -0.680. The Kier molecular flexibility index (Phi) is 3.76. The lowest BCUT2D eigenvalue weighted by atomic mass is 10.2. The average Bonchev–Trinajstić information content (AvgIpc) is 2.69. The lowest BCUT2D eigenvalue weighted by molar-refractivity contribution is 0.566. The van der Waals surface area contributed by atoms with Crippen molar-refractivity contribution in [1.82, 2.24) is 14.9 Å². The Labute approximate surface area is 98.9 Å². The minimum absolute atomic E-state index is 0.264. The van der Waals surface area contributed by atoms with Crippen molar-refractivity contribution in [2.75, 3.05) is 12.8 Å². The smallest absolute Gasteiger partial charge is 0.0952 e. The highest BCUT2D eigenvalue weighted by Crippen LogP contribution is 2.13. The van der Waals surface area contributed by atoms with Crippen LogP contribution in [0, 0.1) is 0 Å². The topological polar surface area (TPSA) is 46.9 Å². The Morgan fingerprint density at radius 1 is 1.69 bits per heavy atom. The predicted molar refractivity (Wildman–Crippen MR) is 65.8 cm³/mol. The lowest BCUT2D eigenvalue weighted by Gasteiger charge is -2.16. The standard InChI is InChI=1S/C11H19N3OS/c1-9(16(2)15)4-6-14-8-13-10-7-12-5-3-11(10)14/h8-9,12H,3-7H2,1-2H3. The maximum Gasteiger partial charge on any atom is 0.0952 e. The van der Waals surface area contributed by atoms with E-state index in [0.29, 0.717) is 0 Å². The van der Waals surface area contributed by atoms with Crippen LogP contribution >= 0.6 is 0 Å². The van der Waals surface area contributed by atoms with Crippen molar-refractivity contribution >= 4 is 10.8 Å². The molecule has 0 amide bonds. The van der Waals surface area contributed by atoms with Crippen LogP contribution in [0.15, 0.2) is 6.33 Å². The zero-order valence-corrected chi connectivity index (χ0v) is 10.7. The van der Waals surface area contributed by atoms with Gasteiger partial charge < -0.3 is 9.88 Å². The van der Waals surface area contributed by atoms with Gasteiger partial charge >= 0.3 is 0 Å². The number of aromatic nitrogens is 2. The van der Waals surface area contributed by atoms with Crippen molar-refractivity contribution in [3.8, 4) is 0 Å². The molecule has 16 heavy (non-hydrogen) atoms. The van der Waals surface area contributed by atoms with E-state index in [9.17, 15) is 4.21 Å². The Morgan fingerprint density at radius 2 is 2.50 bits per heavy atom. The van der Waals surface area contributed by atoms with Crippen molar-refractivity contribution in [2.45, 2.75) is 38.1 Å². The fourth-order valence-corrected chi connectivity index (χ4v) is 2.42. The maximum absolute atomic E-state index is 11.3. The average molecular weight is 241 g/mol. The summed E-state index contributed by atoms with van der Waals surface area (Å²) in [6.07, 6.45) is 5.71. The minimum Gasteiger partial charge on any atom is -0.334 e. The van der Waals surface area contributed by atoms with Gasteiger partial charge in [-0.15, -0.1) is 0 Å². The molecule has 0 saturated heterocycles. The van der Waals surface area contributed by atoms with Crippen LogP contribution in [0.4, 0.5) is 0 Å². The van der Waals surface area contributed by atoms with Crippen LogP contribution < -0.4 is 5.32 Å². The number of nitrogens with zero attached hydrogens (tertiary/aromatic N) is 2. The van der Waals surface area contributed by atoms with Crippen LogP contribution in [0.3, 0.4) is 0 Å². The molecule has 0 spiro atoms. The van der Waals surface area contributed by atoms with Gasteiger partial charge in [-0.3, -0.25) is 4.21 Å². The van der Waals surface area contributed by atoms with Gasteiger partial charge in [-0.1, -0.05) is 6.92 Å². The highest BCUT2D eigenvalue weighted by atomic mass is 32.2. The van der Waals surface area contributed by atoms with E-state index in [2.05, 4.69) is 14.9 Å². The lowest BCUT2D eigenvalue weighted by Crippen LogP contribution is -2.25. The van der Waals surface area contributed by atoms with Gasteiger partial charge in [-0.25, -0.2) is 4.98 Å². The Bertz CT molecular complexity index is 389. The number of fused-ring (bicyclic) bond motifs is 1. The fourth-order valence-electron chi connectivity index (χ4n) is 1.98. The highest BCUT2D eigenvalue weighted by molar-refractivity contribution is 7.84. The molecule has 2 rings (SSSR count). The third-order valence-electron chi connectivity index (χ3n) is 3.21. The van der Waals surface area contributed by atoms with Crippen molar-refractivity contribution < 1.29 is 4.21 Å². The van der Waals surface area contributed by atoms with E-state index in [4.69, 9.17) is 0 Å². The molecule has 1 aliphatic heterocycles. The van der Waals surface area contributed by atoms with Crippen LogP contribution in [0.25, 0.3) is 0 Å². The summed E-state index contributed by atoms with van der Waals surface area (Å²) in [4.78, 5) is 4.40. The molecular formula is C11H19N3OS. The van der Waals surface area contributed by atoms with Crippen LogP contribution in [-0.2, 0) is 30.3 Å². The molecule has 0 fully saturated rings. The summed E-state index contributed by atoms with van der Waals surface area (Å²) in [5.74, 6) is 0. The normalized spacial score (nSPS) is 19.1. The molecule has 2 unspecified atom stereocenters. The van der Waals surface area contributed by atoms with Gasteiger partial charge in [0.15, 0.2) is 0 Å². The SMILES string of the molecule is CC(CCn1cnc2c1CCNC2)S(C)=O. The molecule has 5 heteroatoms. The molecule has 1 aromatic heterocycles. The fraction of sp³-hybridized carbons (Fsp3) is 0.727. The monoisotopic (exact) mass is 241 g/mol. The first kappa shape index (κ1) is 11.8. The van der Waals surface area contributed by atoms with Gasteiger partial charge in [0, 0.05) is 54.1 Å². The third kappa shape index (κ3) is 2.52. The summed E-state index contributed by atoms with van der Waals surface area (Å²) < 4.78 is 13.5. The van der Waals surface area contributed by atoms with Crippen LogP contribution in [0.2, 0.25) is 0 Å². The Balaban J connectivity index is 1.99. The molecule has 0 aliphatic carbocycles. The molecule has 1 aromatic rings. The molecule has 0 saturated carbocycles. The van der Waals surface area contributed by atoms with Crippen molar-refractivity contribution in [3.63, 3.8) is 0 Å². The van der Waals surface area contributed by atoms with Crippen molar-refractivity contribution in [1.29, 1.82) is 0 Å². The summed E-state index contributed by atoms with van der Waals surface area (Å²) in [6.45, 7) is 4.90. The van der Waals surface area contributed by atoms with Crippen LogP contribution in [0.5, 0.6) is 0 Å². The summed E-state index contributed by atoms with van der Waals surface area (Å²) in [6, 6.07) is 0. The maximum atomic E-state index is 11.3. The van der Waals surface area contributed by atoms with Gasteiger partial charge in [0.25, 0.3) is 0 Å². The van der Waals surface area contributed by atoms with E-state index < -0.39 is 10.8 Å². The molecular weight excluding hydrogens is 222 g/mol. The second-order valence-electron chi connectivity index (χ2n) is 4.36. The molecule has 0 aromatic carbocycles. The largest absolute Gasteiger partial charge is 0.334 e. The first-order chi connectivity index (χ1) is 7.68. The molecule has 0 bridgehead atoms. The third-order valence-corrected chi connectivity index (χ3v) is 4.58. The molecule has 1 N–H and O–H groups in total. The first-order valence-corrected chi connectivity index (χ1v) is 7.36. The first-order valence-electron chi connectivity index (χ1n) is 5.74. The van der Waals surface area contributed by atoms with E-state index in [1.54, 1.807) is 6.26 Å².